The summed E-state index contributed by atoms with van der Waals surface area (Å²) in [5.74, 6) is -1.02. The molecule has 1 aromatic carbocycles. The average Bonchev–Trinajstić information content (AvgIpc) is 2.49. The first kappa shape index (κ1) is 23.1. The second kappa shape index (κ2) is 11.6. The Labute approximate surface area is 163 Å². The molecule has 0 radical (unpaired) electrons. The number of carbonyl (C=O) groups excluding carboxylic acids is 2. The van der Waals surface area contributed by atoms with Crippen molar-refractivity contribution >= 4 is 22.1 Å². The molecule has 0 saturated carbocycles. The van der Waals surface area contributed by atoms with Crippen LogP contribution in [0.4, 0.5) is 0 Å². The number of unbranched alkanes of at least 4 members (excludes halogenated alkanes) is 2. The first-order chi connectivity index (χ1) is 10.8. The molecule has 0 unspecified atom stereocenters. The second-order valence-corrected chi connectivity index (χ2v) is 6.21. The van der Waals surface area contributed by atoms with Crippen LogP contribution in [-0.2, 0) is 24.4 Å². The van der Waals surface area contributed by atoms with Crippen LogP contribution >= 0.6 is 0 Å². The smallest absolute Gasteiger partial charge is 0.744 e. The van der Waals surface area contributed by atoms with Crippen LogP contribution in [-0.4, -0.2) is 31.5 Å². The fraction of sp³-hybridized carbons (Fsp3) is 0.467. The molecule has 0 atom stereocenters. The summed E-state index contributed by atoms with van der Waals surface area (Å²) >= 11 is 0. The van der Waals surface area contributed by atoms with Crippen molar-refractivity contribution < 1.29 is 61.6 Å². The predicted octanol–water partition coefficient (Wildman–Crippen LogP) is -0.986. The molecule has 0 saturated heterocycles. The summed E-state index contributed by atoms with van der Waals surface area (Å²) in [6.45, 7) is 2.38. The van der Waals surface area contributed by atoms with Gasteiger partial charge in [0.05, 0.1) is 24.3 Å². The number of benzene rings is 1. The van der Waals surface area contributed by atoms with Crippen molar-refractivity contribution in [2.45, 2.75) is 43.9 Å². The fourth-order valence-electron chi connectivity index (χ4n) is 1.67. The van der Waals surface area contributed by atoms with E-state index in [1.54, 1.807) is 0 Å². The van der Waals surface area contributed by atoms with E-state index in [2.05, 4.69) is 0 Å². The van der Waals surface area contributed by atoms with E-state index in [9.17, 15) is 22.6 Å². The number of ether oxygens (including phenoxy) is 2. The molecule has 1 rings (SSSR count). The van der Waals surface area contributed by atoms with Gasteiger partial charge in [-0.2, -0.15) is 0 Å². The van der Waals surface area contributed by atoms with Crippen molar-refractivity contribution in [3.8, 4) is 5.75 Å². The Hall–Kier alpha value is -0.930. The molecule has 0 spiro atoms. The maximum Gasteiger partial charge on any atom is 1.00 e. The first-order valence-corrected chi connectivity index (χ1v) is 8.66. The molecule has 1 aromatic rings. The van der Waals surface area contributed by atoms with Crippen molar-refractivity contribution in [1.82, 2.24) is 0 Å². The zero-order chi connectivity index (χ0) is 17.3. The third kappa shape index (κ3) is 9.39. The molecule has 0 heterocycles. The van der Waals surface area contributed by atoms with E-state index in [1.807, 2.05) is 6.92 Å². The van der Waals surface area contributed by atoms with Crippen LogP contribution in [0.2, 0.25) is 0 Å². The van der Waals surface area contributed by atoms with E-state index in [0.29, 0.717) is 6.61 Å². The van der Waals surface area contributed by atoms with E-state index in [-0.39, 0.29) is 48.1 Å². The average molecular weight is 366 g/mol. The monoisotopic (exact) mass is 366 g/mol. The van der Waals surface area contributed by atoms with Gasteiger partial charge in [0.2, 0.25) is 0 Å². The molecule has 0 aromatic heterocycles. The van der Waals surface area contributed by atoms with Crippen LogP contribution in [0.5, 0.6) is 5.75 Å². The number of rotatable bonds is 9. The molecule has 0 amide bonds. The minimum atomic E-state index is -4.53. The van der Waals surface area contributed by atoms with E-state index in [4.69, 9.17) is 9.47 Å². The van der Waals surface area contributed by atoms with Crippen LogP contribution in [0.3, 0.4) is 0 Å². The van der Waals surface area contributed by atoms with Gasteiger partial charge in [0, 0.05) is 0 Å². The minimum Gasteiger partial charge on any atom is -0.744 e. The Bertz CT molecular complexity index is 626. The SMILES string of the molecule is CCCCCOC(=O)CCC(=O)Oc1ccc(S(=O)(=O)[O-])cc1.[Na+]. The van der Waals surface area contributed by atoms with Gasteiger partial charge < -0.3 is 14.0 Å². The molecule has 128 valence electrons. The van der Waals surface area contributed by atoms with Crippen LogP contribution in [0.25, 0.3) is 0 Å². The van der Waals surface area contributed by atoms with Crippen molar-refractivity contribution in [1.29, 1.82) is 0 Å². The third-order valence-electron chi connectivity index (χ3n) is 2.89. The van der Waals surface area contributed by atoms with Crippen LogP contribution < -0.4 is 34.3 Å². The van der Waals surface area contributed by atoms with Gasteiger partial charge in [-0.25, -0.2) is 8.42 Å². The van der Waals surface area contributed by atoms with Gasteiger partial charge in [-0.05, 0) is 30.7 Å². The summed E-state index contributed by atoms with van der Waals surface area (Å²) in [5.41, 5.74) is 0. The molecule has 7 nitrogen and oxygen atoms in total. The van der Waals surface area contributed by atoms with Gasteiger partial charge in [0.1, 0.15) is 15.9 Å². The summed E-state index contributed by atoms with van der Waals surface area (Å²) in [7, 11) is -4.53. The molecule has 9 heteroatoms. The van der Waals surface area contributed by atoms with E-state index in [0.717, 1.165) is 31.4 Å². The van der Waals surface area contributed by atoms with Crippen LogP contribution in [0, 0.1) is 0 Å². The third-order valence-corrected chi connectivity index (χ3v) is 3.74. The molecule has 0 fully saturated rings. The van der Waals surface area contributed by atoms with Gasteiger partial charge >= 0.3 is 41.5 Å². The fourth-order valence-corrected chi connectivity index (χ4v) is 2.14. The van der Waals surface area contributed by atoms with Crippen LogP contribution in [0.1, 0.15) is 39.0 Å². The largest absolute Gasteiger partial charge is 1.00 e. The maximum atomic E-state index is 11.6. The first-order valence-electron chi connectivity index (χ1n) is 7.25. The summed E-state index contributed by atoms with van der Waals surface area (Å²) in [6, 6.07) is 4.50. The predicted molar refractivity (Wildman–Crippen MR) is 79.8 cm³/mol. The topological polar surface area (TPSA) is 110 Å². The van der Waals surface area contributed by atoms with Gasteiger partial charge in [-0.3, -0.25) is 9.59 Å². The number of hydrogen-bond acceptors (Lipinski definition) is 7. The van der Waals surface area contributed by atoms with Crippen LogP contribution in [0.15, 0.2) is 29.2 Å². The number of carbonyl (C=O) groups is 2. The van der Waals surface area contributed by atoms with E-state index in [1.165, 1.54) is 12.1 Å². The summed E-state index contributed by atoms with van der Waals surface area (Å²) in [4.78, 5) is 22.5. The molecule has 24 heavy (non-hydrogen) atoms. The number of esters is 2. The van der Waals surface area contributed by atoms with E-state index < -0.39 is 27.0 Å². The Morgan fingerprint density at radius 2 is 1.62 bits per heavy atom. The zero-order valence-electron chi connectivity index (χ0n) is 13.8. The van der Waals surface area contributed by atoms with Gasteiger partial charge in [-0.15, -0.1) is 0 Å². The Morgan fingerprint density at radius 1 is 1.04 bits per heavy atom. The standard InChI is InChI=1S/C15H20O7S.Na/c1-2-3-4-11-21-14(16)9-10-15(17)22-12-5-7-13(8-6-12)23(18,19)20;/h5-8H,2-4,9-11H2,1H3,(H,18,19,20);/q;+1/p-1. The minimum absolute atomic E-state index is 0. The van der Waals surface area contributed by atoms with Gasteiger partial charge in [0.15, 0.2) is 0 Å². The van der Waals surface area contributed by atoms with Gasteiger partial charge in [-0.1, -0.05) is 19.8 Å². The Morgan fingerprint density at radius 3 is 2.17 bits per heavy atom. The summed E-state index contributed by atoms with van der Waals surface area (Å²) in [5, 5.41) is 0. The second-order valence-electron chi connectivity index (χ2n) is 4.83. The quantitative estimate of drug-likeness (QED) is 0.181. The molecular formula is C15H19NaO7S. The Balaban J connectivity index is 0.00000529. The molecule has 0 N–H and O–H groups in total. The summed E-state index contributed by atoms with van der Waals surface area (Å²) < 4.78 is 42.2. The zero-order valence-corrected chi connectivity index (χ0v) is 16.6. The molecule has 0 bridgehead atoms. The summed E-state index contributed by atoms with van der Waals surface area (Å²) in [6.07, 6.45) is 2.56. The molecular weight excluding hydrogens is 347 g/mol. The van der Waals surface area contributed by atoms with Crippen molar-refractivity contribution in [3.05, 3.63) is 24.3 Å². The maximum absolute atomic E-state index is 11.6. The normalized spacial score (nSPS) is 10.6. The molecule has 0 aliphatic heterocycles. The molecule has 0 aliphatic carbocycles. The van der Waals surface area contributed by atoms with Crippen molar-refractivity contribution in [2.24, 2.45) is 0 Å². The Kier molecular flexibility index (Phi) is 11.1. The molecule has 0 aliphatic rings. The van der Waals surface area contributed by atoms with E-state index >= 15 is 0 Å². The van der Waals surface area contributed by atoms with Crippen molar-refractivity contribution in [3.63, 3.8) is 0 Å². The number of hydrogen-bond donors (Lipinski definition) is 0. The van der Waals surface area contributed by atoms with Gasteiger partial charge in [0.25, 0.3) is 0 Å². The van der Waals surface area contributed by atoms with Crippen molar-refractivity contribution in [2.75, 3.05) is 6.61 Å².